The zero-order valence-corrected chi connectivity index (χ0v) is 12.5. The molecular formula is C14H21BrN2. The highest BCUT2D eigenvalue weighted by atomic mass is 79.9. The van der Waals surface area contributed by atoms with Crippen LogP contribution < -0.4 is 4.90 Å². The van der Waals surface area contributed by atoms with Gasteiger partial charge >= 0.3 is 0 Å². The van der Waals surface area contributed by atoms with Crippen molar-refractivity contribution in [3.63, 3.8) is 0 Å². The third-order valence-corrected chi connectivity index (χ3v) is 4.40. The summed E-state index contributed by atoms with van der Waals surface area (Å²) in [6, 6.07) is 4.80. The van der Waals surface area contributed by atoms with E-state index >= 15 is 0 Å². The van der Waals surface area contributed by atoms with Crippen LogP contribution in [0.4, 0.5) is 5.82 Å². The molecule has 0 unspecified atom stereocenters. The fraction of sp³-hybridized carbons (Fsp3) is 0.643. The topological polar surface area (TPSA) is 16.1 Å². The number of nitrogens with zero attached hydrogens (tertiary/aromatic N) is 2. The fourth-order valence-electron chi connectivity index (χ4n) is 2.54. The van der Waals surface area contributed by atoms with Crippen LogP contribution in [0.15, 0.2) is 22.8 Å². The molecule has 2 rings (SSSR count). The number of anilines is 1. The van der Waals surface area contributed by atoms with Gasteiger partial charge in [0.2, 0.25) is 0 Å². The van der Waals surface area contributed by atoms with Gasteiger partial charge in [-0.15, -0.1) is 0 Å². The van der Waals surface area contributed by atoms with Gasteiger partial charge in [-0.2, -0.15) is 0 Å². The first-order valence-corrected chi connectivity index (χ1v) is 7.12. The number of rotatable bonds is 2. The average Bonchev–Trinajstić information content (AvgIpc) is 2.29. The normalized spacial score (nSPS) is 20.2. The van der Waals surface area contributed by atoms with Crippen molar-refractivity contribution in [1.29, 1.82) is 0 Å². The summed E-state index contributed by atoms with van der Waals surface area (Å²) in [6.07, 6.45) is 7.07. The Bertz CT molecular complexity index is 362. The average molecular weight is 297 g/mol. The number of pyridine rings is 1. The van der Waals surface area contributed by atoms with Crippen molar-refractivity contribution >= 4 is 21.7 Å². The summed E-state index contributed by atoms with van der Waals surface area (Å²) in [5, 5.41) is 0. The predicted octanol–water partition coefficient (Wildman–Crippen LogP) is 4.25. The molecule has 94 valence electrons. The zero-order valence-electron chi connectivity index (χ0n) is 10.9. The molecule has 17 heavy (non-hydrogen) atoms. The summed E-state index contributed by atoms with van der Waals surface area (Å²) >= 11 is 3.42. The molecule has 0 aliphatic heterocycles. The minimum atomic E-state index is 0.532. The van der Waals surface area contributed by atoms with Crippen molar-refractivity contribution in [2.45, 2.75) is 45.6 Å². The van der Waals surface area contributed by atoms with E-state index in [4.69, 9.17) is 0 Å². The van der Waals surface area contributed by atoms with Crippen LogP contribution in [0.5, 0.6) is 0 Å². The van der Waals surface area contributed by atoms with Gasteiger partial charge in [0, 0.05) is 23.8 Å². The van der Waals surface area contributed by atoms with Crippen molar-refractivity contribution in [3.05, 3.63) is 22.8 Å². The third kappa shape index (κ3) is 3.21. The minimum absolute atomic E-state index is 0.532. The quantitative estimate of drug-likeness (QED) is 0.811. The maximum absolute atomic E-state index is 4.47. The van der Waals surface area contributed by atoms with Crippen molar-refractivity contribution in [3.8, 4) is 0 Å². The van der Waals surface area contributed by atoms with Gasteiger partial charge in [-0.05, 0) is 59.2 Å². The summed E-state index contributed by atoms with van der Waals surface area (Å²) in [6.45, 7) is 4.75. The van der Waals surface area contributed by atoms with E-state index in [-0.39, 0.29) is 0 Å². The van der Waals surface area contributed by atoms with Gasteiger partial charge in [-0.1, -0.05) is 13.8 Å². The van der Waals surface area contributed by atoms with E-state index < -0.39 is 0 Å². The number of aromatic nitrogens is 1. The van der Waals surface area contributed by atoms with Crippen LogP contribution in [0.1, 0.15) is 39.5 Å². The second-order valence-electron chi connectivity index (χ2n) is 5.84. The molecule has 1 saturated carbocycles. The summed E-state index contributed by atoms with van der Waals surface area (Å²) < 4.78 is 1.04. The first-order chi connectivity index (χ1) is 7.98. The minimum Gasteiger partial charge on any atom is -0.357 e. The van der Waals surface area contributed by atoms with Crippen LogP contribution in [-0.4, -0.2) is 18.1 Å². The standard InChI is InChI=1S/C14H21BrN2/c1-14(2)8-6-12(7-9-14)17(3)13-5-4-11(15)10-16-13/h4-5,10,12H,6-9H2,1-3H3. The lowest BCUT2D eigenvalue weighted by Gasteiger charge is -2.39. The molecule has 1 fully saturated rings. The first-order valence-electron chi connectivity index (χ1n) is 6.32. The molecule has 0 saturated heterocycles. The zero-order chi connectivity index (χ0) is 12.5. The molecule has 0 N–H and O–H groups in total. The molecule has 0 atom stereocenters. The highest BCUT2D eigenvalue weighted by Gasteiger charge is 2.29. The van der Waals surface area contributed by atoms with Crippen molar-refractivity contribution < 1.29 is 0 Å². The highest BCUT2D eigenvalue weighted by Crippen LogP contribution is 2.37. The van der Waals surface area contributed by atoms with Crippen LogP contribution >= 0.6 is 15.9 Å². The highest BCUT2D eigenvalue weighted by molar-refractivity contribution is 9.10. The van der Waals surface area contributed by atoms with Crippen LogP contribution in [0.2, 0.25) is 0 Å². The lowest BCUT2D eigenvalue weighted by atomic mass is 9.75. The van der Waals surface area contributed by atoms with Gasteiger partial charge in [0.15, 0.2) is 0 Å². The smallest absolute Gasteiger partial charge is 0.128 e. The van der Waals surface area contributed by atoms with Crippen molar-refractivity contribution in [2.24, 2.45) is 5.41 Å². The SMILES string of the molecule is CN(c1ccc(Br)cn1)C1CCC(C)(C)CC1. The Morgan fingerprint density at radius 3 is 2.47 bits per heavy atom. The van der Waals surface area contributed by atoms with E-state index in [0.29, 0.717) is 11.5 Å². The van der Waals surface area contributed by atoms with E-state index in [0.717, 1.165) is 10.3 Å². The molecule has 0 spiro atoms. The Labute approximate surface area is 113 Å². The van der Waals surface area contributed by atoms with E-state index in [1.807, 2.05) is 6.20 Å². The van der Waals surface area contributed by atoms with E-state index in [2.05, 4.69) is 58.8 Å². The first kappa shape index (κ1) is 12.9. The molecule has 2 nitrogen and oxygen atoms in total. The summed E-state index contributed by atoms with van der Waals surface area (Å²) in [5.74, 6) is 1.08. The van der Waals surface area contributed by atoms with Crippen molar-refractivity contribution in [2.75, 3.05) is 11.9 Å². The molecule has 0 aromatic carbocycles. The Morgan fingerprint density at radius 1 is 1.29 bits per heavy atom. The second kappa shape index (κ2) is 4.97. The molecule has 0 bridgehead atoms. The van der Waals surface area contributed by atoms with Gasteiger partial charge in [0.1, 0.15) is 5.82 Å². The van der Waals surface area contributed by atoms with Gasteiger partial charge < -0.3 is 4.90 Å². The van der Waals surface area contributed by atoms with Crippen LogP contribution in [-0.2, 0) is 0 Å². The molecule has 1 aromatic rings. The maximum Gasteiger partial charge on any atom is 0.128 e. The number of hydrogen-bond donors (Lipinski definition) is 0. The van der Waals surface area contributed by atoms with E-state index in [9.17, 15) is 0 Å². The molecule has 0 amide bonds. The number of halogens is 1. The predicted molar refractivity (Wildman–Crippen MR) is 76.4 cm³/mol. The molecule has 0 radical (unpaired) electrons. The van der Waals surface area contributed by atoms with Gasteiger partial charge in [0.25, 0.3) is 0 Å². The Morgan fingerprint density at radius 2 is 1.94 bits per heavy atom. The van der Waals surface area contributed by atoms with E-state index in [1.165, 1.54) is 25.7 Å². The Balaban J connectivity index is 2.01. The summed E-state index contributed by atoms with van der Waals surface area (Å²) in [4.78, 5) is 6.80. The summed E-state index contributed by atoms with van der Waals surface area (Å²) in [7, 11) is 2.17. The largest absolute Gasteiger partial charge is 0.357 e. The molecular weight excluding hydrogens is 276 g/mol. The van der Waals surface area contributed by atoms with E-state index in [1.54, 1.807) is 0 Å². The second-order valence-corrected chi connectivity index (χ2v) is 6.76. The lowest BCUT2D eigenvalue weighted by Crippen LogP contribution is -2.37. The molecule has 1 aromatic heterocycles. The number of hydrogen-bond acceptors (Lipinski definition) is 2. The molecule has 3 heteroatoms. The Kier molecular flexibility index (Phi) is 3.76. The Hall–Kier alpha value is -0.570. The van der Waals surface area contributed by atoms with Gasteiger partial charge in [-0.3, -0.25) is 0 Å². The molecule has 1 heterocycles. The van der Waals surface area contributed by atoms with Gasteiger partial charge in [-0.25, -0.2) is 4.98 Å². The monoisotopic (exact) mass is 296 g/mol. The maximum atomic E-state index is 4.47. The molecule has 1 aliphatic rings. The molecule has 1 aliphatic carbocycles. The van der Waals surface area contributed by atoms with Gasteiger partial charge in [0.05, 0.1) is 0 Å². The lowest BCUT2D eigenvalue weighted by molar-refractivity contribution is 0.222. The van der Waals surface area contributed by atoms with Crippen LogP contribution in [0.25, 0.3) is 0 Å². The van der Waals surface area contributed by atoms with Crippen molar-refractivity contribution in [1.82, 2.24) is 4.98 Å². The third-order valence-electron chi connectivity index (χ3n) is 3.93. The van der Waals surface area contributed by atoms with Crippen LogP contribution in [0.3, 0.4) is 0 Å². The van der Waals surface area contributed by atoms with Crippen LogP contribution in [0, 0.1) is 5.41 Å². The fourth-order valence-corrected chi connectivity index (χ4v) is 2.77. The summed E-state index contributed by atoms with van der Waals surface area (Å²) in [5.41, 5.74) is 0.532.